The molecule has 94 valence electrons. The van der Waals surface area contributed by atoms with Gasteiger partial charge in [-0.2, -0.15) is 0 Å². The molecule has 1 rings (SSSR count). The second kappa shape index (κ2) is 6.33. The Morgan fingerprint density at radius 2 is 2.29 bits per heavy atom. The van der Waals surface area contributed by atoms with Crippen LogP contribution in [0.15, 0.2) is 24.8 Å². The van der Waals surface area contributed by atoms with Gasteiger partial charge < -0.3 is 0 Å². The van der Waals surface area contributed by atoms with Crippen molar-refractivity contribution in [3.8, 4) is 0 Å². The molecular formula is C13H19NO3. The van der Waals surface area contributed by atoms with E-state index in [1.54, 1.807) is 12.2 Å². The van der Waals surface area contributed by atoms with Gasteiger partial charge in [0.25, 0.3) is 0 Å². The number of hydrogen-bond donors (Lipinski definition) is 0. The molecule has 1 unspecified atom stereocenters. The molecule has 0 radical (unpaired) electrons. The van der Waals surface area contributed by atoms with Crippen LogP contribution in [0, 0.1) is 15.5 Å². The summed E-state index contributed by atoms with van der Waals surface area (Å²) >= 11 is 0. The number of nitrogens with zero attached hydrogens (tertiary/aromatic N) is 1. The summed E-state index contributed by atoms with van der Waals surface area (Å²) in [6, 6.07) is 0. The molecule has 0 bridgehead atoms. The molecular weight excluding hydrogens is 218 g/mol. The molecule has 0 heterocycles. The number of unbranched alkanes of at least 4 members (excludes halogenated alkanes) is 2. The van der Waals surface area contributed by atoms with Crippen LogP contribution in [0.1, 0.15) is 38.5 Å². The number of carbonyl (C=O) groups excluding carboxylic acids is 1. The normalized spacial score (nSPS) is 23.6. The zero-order chi connectivity index (χ0) is 12.7. The van der Waals surface area contributed by atoms with Crippen LogP contribution < -0.4 is 0 Å². The molecule has 0 N–H and O–H groups in total. The Kier molecular flexibility index (Phi) is 5.07. The number of carbonyl (C=O) groups is 1. The van der Waals surface area contributed by atoms with E-state index in [1.165, 1.54) is 0 Å². The van der Waals surface area contributed by atoms with Gasteiger partial charge in [-0.15, -0.1) is 6.58 Å². The van der Waals surface area contributed by atoms with Crippen LogP contribution in [0.25, 0.3) is 0 Å². The van der Waals surface area contributed by atoms with Crippen LogP contribution in [0.2, 0.25) is 0 Å². The van der Waals surface area contributed by atoms with Gasteiger partial charge in [0, 0.05) is 16.8 Å². The highest BCUT2D eigenvalue weighted by Crippen LogP contribution is 2.36. The van der Waals surface area contributed by atoms with Gasteiger partial charge >= 0.3 is 0 Å². The number of allylic oxidation sites excluding steroid dienone is 3. The average molecular weight is 237 g/mol. The Labute approximate surface area is 102 Å². The molecule has 0 saturated heterocycles. The van der Waals surface area contributed by atoms with Crippen LogP contribution >= 0.6 is 0 Å². The molecule has 0 aliphatic heterocycles. The Hall–Kier alpha value is -1.45. The number of ketones is 1. The highest BCUT2D eigenvalue weighted by Gasteiger charge is 2.37. The van der Waals surface area contributed by atoms with Gasteiger partial charge in [0.2, 0.25) is 6.54 Å². The average Bonchev–Trinajstić information content (AvgIpc) is 2.23. The van der Waals surface area contributed by atoms with Crippen LogP contribution in [0.4, 0.5) is 0 Å². The smallest absolute Gasteiger partial charge is 0.210 e. The van der Waals surface area contributed by atoms with E-state index in [2.05, 4.69) is 6.58 Å². The lowest BCUT2D eigenvalue weighted by atomic mass is 9.73. The third-order valence-electron chi connectivity index (χ3n) is 3.23. The highest BCUT2D eigenvalue weighted by atomic mass is 16.6. The molecule has 0 fully saturated rings. The van der Waals surface area contributed by atoms with E-state index in [-0.39, 0.29) is 17.3 Å². The first-order valence-corrected chi connectivity index (χ1v) is 6.00. The Morgan fingerprint density at radius 3 is 2.88 bits per heavy atom. The number of rotatable bonds is 7. The zero-order valence-corrected chi connectivity index (χ0v) is 10.1. The van der Waals surface area contributed by atoms with Crippen molar-refractivity contribution in [3.63, 3.8) is 0 Å². The molecule has 1 aliphatic rings. The quantitative estimate of drug-likeness (QED) is 0.296. The summed E-state index contributed by atoms with van der Waals surface area (Å²) in [6.07, 6.45) is 9.72. The second-order valence-electron chi connectivity index (χ2n) is 4.77. The van der Waals surface area contributed by atoms with Gasteiger partial charge in [-0.1, -0.05) is 18.6 Å². The van der Waals surface area contributed by atoms with Crippen molar-refractivity contribution in [1.29, 1.82) is 0 Å². The highest BCUT2D eigenvalue weighted by molar-refractivity contribution is 5.91. The molecule has 0 aromatic carbocycles. The largest absolute Gasteiger partial charge is 0.295 e. The molecule has 0 amide bonds. The van der Waals surface area contributed by atoms with Crippen molar-refractivity contribution in [2.75, 3.05) is 6.54 Å². The van der Waals surface area contributed by atoms with Crippen molar-refractivity contribution in [2.24, 2.45) is 5.41 Å². The second-order valence-corrected chi connectivity index (χ2v) is 4.77. The molecule has 4 heteroatoms. The topological polar surface area (TPSA) is 60.2 Å². The van der Waals surface area contributed by atoms with E-state index in [0.717, 1.165) is 25.7 Å². The SMILES string of the molecule is C=CCCCCC1(C[N+](=O)[O-])CC=CC(=O)C1. The first kappa shape index (κ1) is 13.6. The van der Waals surface area contributed by atoms with Gasteiger partial charge in [-0.25, -0.2) is 0 Å². The Bertz CT molecular complexity index is 336. The van der Waals surface area contributed by atoms with Crippen LogP contribution in [0.5, 0.6) is 0 Å². The summed E-state index contributed by atoms with van der Waals surface area (Å²) in [7, 11) is 0. The minimum atomic E-state index is -0.448. The molecule has 0 aromatic rings. The third kappa shape index (κ3) is 4.51. The summed E-state index contributed by atoms with van der Waals surface area (Å²) < 4.78 is 0. The maximum absolute atomic E-state index is 11.4. The first-order chi connectivity index (χ1) is 8.08. The van der Waals surface area contributed by atoms with Gasteiger partial charge in [0.1, 0.15) is 0 Å². The maximum Gasteiger partial charge on any atom is 0.210 e. The van der Waals surface area contributed by atoms with Gasteiger partial charge in [0.15, 0.2) is 5.78 Å². The lowest BCUT2D eigenvalue weighted by Gasteiger charge is -2.30. The summed E-state index contributed by atoms with van der Waals surface area (Å²) in [5.74, 6) is 0.0156. The fourth-order valence-electron chi connectivity index (χ4n) is 2.39. The minimum absolute atomic E-state index is 0.0156. The number of nitro groups is 1. The van der Waals surface area contributed by atoms with Gasteiger partial charge in [-0.3, -0.25) is 14.9 Å². The fraction of sp³-hybridized carbons (Fsp3) is 0.615. The van der Waals surface area contributed by atoms with Crippen LogP contribution in [-0.2, 0) is 4.79 Å². The molecule has 1 aliphatic carbocycles. The van der Waals surface area contributed by atoms with Gasteiger partial charge in [-0.05, 0) is 31.8 Å². The fourth-order valence-corrected chi connectivity index (χ4v) is 2.39. The predicted octanol–water partition coefficient (Wildman–Crippen LogP) is 2.92. The molecule has 0 spiro atoms. The number of hydrogen-bond acceptors (Lipinski definition) is 3. The van der Waals surface area contributed by atoms with Crippen molar-refractivity contribution in [3.05, 3.63) is 34.9 Å². The summed E-state index contributed by atoms with van der Waals surface area (Å²) in [5.41, 5.74) is -0.448. The lowest BCUT2D eigenvalue weighted by molar-refractivity contribution is -0.497. The van der Waals surface area contributed by atoms with Crippen molar-refractivity contribution in [2.45, 2.75) is 38.5 Å². The van der Waals surface area contributed by atoms with E-state index in [1.807, 2.05) is 6.08 Å². The monoisotopic (exact) mass is 237 g/mol. The predicted molar refractivity (Wildman–Crippen MR) is 66.3 cm³/mol. The van der Waals surface area contributed by atoms with Crippen LogP contribution in [-0.4, -0.2) is 17.3 Å². The Balaban J connectivity index is 2.59. The summed E-state index contributed by atoms with van der Waals surface area (Å²) in [6.45, 7) is 3.55. The standard InChI is InChI=1S/C13H19NO3/c1-2-3-4-5-8-13(11-14(16)17)9-6-7-12(15)10-13/h2,6-7H,1,3-5,8-11H2. The first-order valence-electron chi connectivity index (χ1n) is 6.00. The molecule has 0 aromatic heterocycles. The van der Waals surface area contributed by atoms with Crippen molar-refractivity contribution < 1.29 is 9.72 Å². The molecule has 17 heavy (non-hydrogen) atoms. The van der Waals surface area contributed by atoms with Gasteiger partial charge in [0.05, 0.1) is 0 Å². The maximum atomic E-state index is 11.4. The van der Waals surface area contributed by atoms with E-state index in [0.29, 0.717) is 12.8 Å². The molecule has 1 atom stereocenters. The zero-order valence-electron chi connectivity index (χ0n) is 10.1. The third-order valence-corrected chi connectivity index (χ3v) is 3.23. The van der Waals surface area contributed by atoms with E-state index in [4.69, 9.17) is 0 Å². The lowest BCUT2D eigenvalue weighted by Crippen LogP contribution is -2.33. The van der Waals surface area contributed by atoms with E-state index in [9.17, 15) is 14.9 Å². The Morgan fingerprint density at radius 1 is 1.53 bits per heavy atom. The van der Waals surface area contributed by atoms with E-state index >= 15 is 0 Å². The van der Waals surface area contributed by atoms with Crippen LogP contribution in [0.3, 0.4) is 0 Å². The van der Waals surface area contributed by atoms with Crippen molar-refractivity contribution >= 4 is 5.78 Å². The summed E-state index contributed by atoms with van der Waals surface area (Å²) in [5, 5.41) is 10.7. The summed E-state index contributed by atoms with van der Waals surface area (Å²) in [4.78, 5) is 21.9. The molecule has 0 saturated carbocycles. The minimum Gasteiger partial charge on any atom is -0.295 e. The van der Waals surface area contributed by atoms with Crippen molar-refractivity contribution in [1.82, 2.24) is 0 Å². The van der Waals surface area contributed by atoms with E-state index < -0.39 is 5.41 Å². The molecule has 4 nitrogen and oxygen atoms in total.